The van der Waals surface area contributed by atoms with E-state index in [1.54, 1.807) is 26.0 Å². The van der Waals surface area contributed by atoms with Crippen LogP contribution in [0.1, 0.15) is 93.9 Å². The maximum atomic E-state index is 13.1. The number of hydrogen-bond acceptors (Lipinski definition) is 10. The Hall–Kier alpha value is -3.18. The number of aliphatic hydroxyl groups is 1. The minimum Gasteiger partial charge on any atom is -0.462 e. The van der Waals surface area contributed by atoms with E-state index < -0.39 is 47.9 Å². The molecule has 10 unspecified atom stereocenters. The predicted molar refractivity (Wildman–Crippen MR) is 168 cm³/mol. The number of carbonyl (C=O) groups excluding carboxylic acids is 4. The van der Waals surface area contributed by atoms with E-state index in [-0.39, 0.29) is 61.7 Å². The van der Waals surface area contributed by atoms with Crippen LogP contribution in [0.4, 0.5) is 4.79 Å². The number of primary amides is 1. The summed E-state index contributed by atoms with van der Waals surface area (Å²) >= 11 is 0. The Morgan fingerprint density at radius 2 is 1.87 bits per heavy atom. The second-order valence-corrected chi connectivity index (χ2v) is 12.6. The van der Waals surface area contributed by atoms with Crippen molar-refractivity contribution < 1.29 is 48.0 Å². The van der Waals surface area contributed by atoms with Crippen LogP contribution >= 0.6 is 0 Å². The molecule has 0 saturated carbocycles. The number of amides is 1. The lowest BCUT2D eigenvalue weighted by atomic mass is 9.88. The van der Waals surface area contributed by atoms with Crippen molar-refractivity contribution in [3.05, 3.63) is 36.0 Å². The van der Waals surface area contributed by atoms with Gasteiger partial charge in [-0.1, -0.05) is 58.9 Å². The van der Waals surface area contributed by atoms with Crippen molar-refractivity contribution in [3.8, 4) is 0 Å². The molecule has 11 nitrogen and oxygen atoms in total. The Morgan fingerprint density at radius 1 is 1.18 bits per heavy atom. The molecule has 0 aromatic rings. The van der Waals surface area contributed by atoms with Gasteiger partial charge in [0.2, 0.25) is 0 Å². The Labute approximate surface area is 267 Å². The summed E-state index contributed by atoms with van der Waals surface area (Å²) in [7, 11) is 0. The van der Waals surface area contributed by atoms with Crippen molar-refractivity contribution in [1.82, 2.24) is 0 Å². The molecule has 10 atom stereocenters. The van der Waals surface area contributed by atoms with Crippen molar-refractivity contribution in [3.63, 3.8) is 0 Å². The molecule has 0 radical (unpaired) electrons. The van der Waals surface area contributed by atoms with Gasteiger partial charge in [0.1, 0.15) is 30.0 Å². The van der Waals surface area contributed by atoms with E-state index in [1.165, 1.54) is 6.92 Å². The first-order valence-electron chi connectivity index (χ1n) is 16.0. The van der Waals surface area contributed by atoms with E-state index in [4.69, 9.17) is 29.4 Å². The third-order valence-electron chi connectivity index (χ3n) is 8.43. The van der Waals surface area contributed by atoms with Gasteiger partial charge < -0.3 is 34.5 Å². The fraction of sp³-hybridized carbons (Fsp3) is 0.706. The van der Waals surface area contributed by atoms with Crippen molar-refractivity contribution >= 4 is 24.0 Å². The zero-order chi connectivity index (χ0) is 33.9. The lowest BCUT2D eigenvalue weighted by Crippen LogP contribution is -2.42. The molecular weight excluding hydrogens is 582 g/mol. The average Bonchev–Trinajstić information content (AvgIpc) is 3.72. The number of nitrogens with two attached hydrogens (primary N) is 1. The van der Waals surface area contributed by atoms with Crippen LogP contribution in [0.3, 0.4) is 0 Å². The molecule has 0 aromatic carbocycles. The number of epoxide rings is 1. The van der Waals surface area contributed by atoms with Gasteiger partial charge in [-0.3, -0.25) is 14.4 Å². The summed E-state index contributed by atoms with van der Waals surface area (Å²) in [6.45, 7) is 14.3. The summed E-state index contributed by atoms with van der Waals surface area (Å²) in [4.78, 5) is 48.2. The Morgan fingerprint density at radius 3 is 2.47 bits per heavy atom. The highest BCUT2D eigenvalue weighted by Crippen LogP contribution is 2.37. The topological polar surface area (TPSA) is 164 Å². The molecule has 1 saturated heterocycles. The summed E-state index contributed by atoms with van der Waals surface area (Å²) in [6, 6.07) is 0. The zero-order valence-electron chi connectivity index (χ0n) is 28.0. The van der Waals surface area contributed by atoms with E-state index in [9.17, 15) is 24.3 Å². The Bertz CT molecular complexity index is 1110. The van der Waals surface area contributed by atoms with Crippen molar-refractivity contribution in [2.45, 2.75) is 136 Å². The predicted octanol–water partition coefficient (Wildman–Crippen LogP) is 5.09. The van der Waals surface area contributed by atoms with Crippen LogP contribution in [0.15, 0.2) is 36.0 Å². The molecule has 1 fully saturated rings. The van der Waals surface area contributed by atoms with Gasteiger partial charge in [-0.05, 0) is 57.1 Å². The number of esters is 3. The maximum absolute atomic E-state index is 13.1. The first-order valence-corrected chi connectivity index (χ1v) is 16.0. The standard InChI is InChI=1S/C34H53NO10/c1-9-26(44-33(35)39)23(6)32-27(43-32)18-20(3)12-11-13-21(4)31-22(5)14-15-28(41-24(7)36)34(8,40)17-16-25(19-30(38)45-31)42-29(37)10-2/h11-15,20,22-23,25-28,31-32,40H,9-10,16-19H2,1-8H3,(H2,35,39)/b12-11+,15-14-,21-13+. The van der Waals surface area contributed by atoms with E-state index in [0.29, 0.717) is 6.42 Å². The van der Waals surface area contributed by atoms with Crippen LogP contribution in [0.2, 0.25) is 0 Å². The molecule has 1 amide bonds. The van der Waals surface area contributed by atoms with Crippen LogP contribution in [0.25, 0.3) is 0 Å². The number of cyclic esters (lactones) is 1. The largest absolute Gasteiger partial charge is 0.462 e. The number of ether oxygens (including phenoxy) is 5. The number of hydrogen-bond donors (Lipinski definition) is 2. The molecule has 254 valence electrons. The molecule has 0 aliphatic carbocycles. The summed E-state index contributed by atoms with van der Waals surface area (Å²) < 4.78 is 28.0. The third kappa shape index (κ3) is 12.6. The number of carbonyl (C=O) groups is 4. The molecule has 0 bridgehead atoms. The normalized spacial score (nSPS) is 32.2. The van der Waals surface area contributed by atoms with E-state index >= 15 is 0 Å². The summed E-state index contributed by atoms with van der Waals surface area (Å²) in [5.41, 5.74) is 4.52. The highest BCUT2D eigenvalue weighted by molar-refractivity contribution is 5.72. The van der Waals surface area contributed by atoms with Gasteiger partial charge in [0.15, 0.2) is 0 Å². The Balaban J connectivity index is 2.19. The first-order chi connectivity index (χ1) is 21.1. The van der Waals surface area contributed by atoms with E-state index in [2.05, 4.69) is 13.0 Å². The fourth-order valence-corrected chi connectivity index (χ4v) is 5.66. The lowest BCUT2D eigenvalue weighted by molar-refractivity contribution is -0.161. The Kier molecular flexibility index (Phi) is 14.8. The molecule has 0 spiro atoms. The van der Waals surface area contributed by atoms with E-state index in [0.717, 1.165) is 12.0 Å². The summed E-state index contributed by atoms with van der Waals surface area (Å²) in [6.07, 6.45) is 7.56. The van der Waals surface area contributed by atoms with Crippen molar-refractivity contribution in [2.75, 3.05) is 0 Å². The SMILES string of the molecule is CCC(=O)OC1CCC(C)(O)C(OC(C)=O)/C=C\C(C)C(/C(C)=C/C=C/C(C)CC2OC2C(C)C(CC)OC(N)=O)OC(=O)C1. The van der Waals surface area contributed by atoms with Crippen LogP contribution < -0.4 is 5.73 Å². The minimum absolute atomic E-state index is 0.00251. The van der Waals surface area contributed by atoms with Gasteiger partial charge in [0.25, 0.3) is 0 Å². The van der Waals surface area contributed by atoms with Crippen LogP contribution in [0.5, 0.6) is 0 Å². The highest BCUT2D eigenvalue weighted by Gasteiger charge is 2.46. The van der Waals surface area contributed by atoms with Crippen LogP contribution in [-0.2, 0) is 38.1 Å². The van der Waals surface area contributed by atoms with Gasteiger partial charge in [-0.15, -0.1) is 0 Å². The molecular formula is C34H53NO10. The maximum Gasteiger partial charge on any atom is 0.404 e. The first kappa shape index (κ1) is 38.0. The average molecular weight is 636 g/mol. The van der Waals surface area contributed by atoms with Gasteiger partial charge in [-0.25, -0.2) is 4.79 Å². The molecule has 3 N–H and O–H groups in total. The zero-order valence-corrected chi connectivity index (χ0v) is 28.0. The molecule has 2 aliphatic heterocycles. The van der Waals surface area contributed by atoms with Crippen molar-refractivity contribution in [2.24, 2.45) is 23.5 Å². The molecule has 2 heterocycles. The molecule has 45 heavy (non-hydrogen) atoms. The summed E-state index contributed by atoms with van der Waals surface area (Å²) in [5, 5.41) is 11.2. The molecule has 2 aliphatic rings. The van der Waals surface area contributed by atoms with Gasteiger partial charge in [0.05, 0.1) is 18.6 Å². The second kappa shape index (κ2) is 17.5. The third-order valence-corrected chi connectivity index (χ3v) is 8.43. The molecule has 2 rings (SSSR count). The number of rotatable bonds is 12. The van der Waals surface area contributed by atoms with Gasteiger partial charge in [0, 0.05) is 25.2 Å². The molecule has 0 aromatic heterocycles. The smallest absolute Gasteiger partial charge is 0.404 e. The summed E-state index contributed by atoms with van der Waals surface area (Å²) in [5.74, 6) is -1.64. The van der Waals surface area contributed by atoms with E-state index in [1.807, 2.05) is 39.8 Å². The fourth-order valence-electron chi connectivity index (χ4n) is 5.66. The number of allylic oxidation sites excluding steroid dienone is 3. The quantitative estimate of drug-likeness (QED) is 0.0971. The highest BCUT2D eigenvalue weighted by atomic mass is 16.6. The minimum atomic E-state index is -1.46. The lowest BCUT2D eigenvalue weighted by Gasteiger charge is -2.33. The van der Waals surface area contributed by atoms with Crippen LogP contribution in [-0.4, -0.2) is 71.3 Å². The van der Waals surface area contributed by atoms with Gasteiger partial charge in [-0.2, -0.15) is 0 Å². The van der Waals surface area contributed by atoms with Crippen LogP contribution in [0, 0.1) is 17.8 Å². The second-order valence-electron chi connectivity index (χ2n) is 12.6. The van der Waals surface area contributed by atoms with Gasteiger partial charge >= 0.3 is 24.0 Å². The monoisotopic (exact) mass is 635 g/mol. The van der Waals surface area contributed by atoms with Crippen molar-refractivity contribution in [1.29, 1.82) is 0 Å². The molecule has 11 heteroatoms.